The van der Waals surface area contributed by atoms with Crippen molar-refractivity contribution in [3.63, 3.8) is 0 Å². The van der Waals surface area contributed by atoms with E-state index in [1.165, 1.54) is 0 Å². The molecule has 2 heterocycles. The monoisotopic (exact) mass is 271 g/mol. The topological polar surface area (TPSA) is 47.4 Å². The van der Waals surface area contributed by atoms with E-state index < -0.39 is 0 Å². The van der Waals surface area contributed by atoms with Crippen molar-refractivity contribution < 1.29 is 9.53 Å². The molecule has 0 fully saturated rings. The first-order valence-electron chi connectivity index (χ1n) is 6.71. The maximum absolute atomic E-state index is 12.1. The molecule has 0 aliphatic carbocycles. The first-order chi connectivity index (χ1) is 9.72. The van der Waals surface area contributed by atoms with E-state index in [0.717, 1.165) is 23.5 Å². The smallest absolute Gasteiger partial charge is 0.410 e. The second-order valence-electron chi connectivity index (χ2n) is 4.96. The SMILES string of the molecule is Cc1cc2n(n1)CCN(C(=O)OCc1ccccc1)C2. The van der Waals surface area contributed by atoms with Crippen molar-refractivity contribution in [3.05, 3.63) is 53.3 Å². The van der Waals surface area contributed by atoms with Crippen LogP contribution in [0.25, 0.3) is 0 Å². The lowest BCUT2D eigenvalue weighted by atomic mass is 10.2. The summed E-state index contributed by atoms with van der Waals surface area (Å²) in [6.07, 6.45) is -0.265. The average Bonchev–Trinajstić information content (AvgIpc) is 2.85. The van der Waals surface area contributed by atoms with Crippen molar-refractivity contribution in [3.8, 4) is 0 Å². The Balaban J connectivity index is 1.59. The highest BCUT2D eigenvalue weighted by Crippen LogP contribution is 2.14. The molecule has 1 aliphatic heterocycles. The second kappa shape index (κ2) is 5.36. The van der Waals surface area contributed by atoms with Crippen LogP contribution in [-0.2, 0) is 24.4 Å². The highest BCUT2D eigenvalue weighted by atomic mass is 16.6. The van der Waals surface area contributed by atoms with E-state index in [-0.39, 0.29) is 6.09 Å². The number of hydrogen-bond donors (Lipinski definition) is 0. The van der Waals surface area contributed by atoms with E-state index in [0.29, 0.717) is 19.7 Å². The highest BCUT2D eigenvalue weighted by molar-refractivity contribution is 5.67. The minimum atomic E-state index is -0.265. The van der Waals surface area contributed by atoms with Crippen molar-refractivity contribution in [2.24, 2.45) is 0 Å². The van der Waals surface area contributed by atoms with Crippen LogP contribution < -0.4 is 0 Å². The third-order valence-corrected chi connectivity index (χ3v) is 3.38. The fourth-order valence-corrected chi connectivity index (χ4v) is 2.38. The van der Waals surface area contributed by atoms with Gasteiger partial charge >= 0.3 is 6.09 Å². The lowest BCUT2D eigenvalue weighted by Crippen LogP contribution is -2.38. The minimum absolute atomic E-state index is 0.265. The molecule has 0 atom stereocenters. The predicted octanol–water partition coefficient (Wildman–Crippen LogP) is 2.34. The summed E-state index contributed by atoms with van der Waals surface area (Å²) in [5.74, 6) is 0. The van der Waals surface area contributed by atoms with Gasteiger partial charge in [0.05, 0.1) is 24.5 Å². The van der Waals surface area contributed by atoms with Crippen LogP contribution >= 0.6 is 0 Å². The van der Waals surface area contributed by atoms with E-state index in [1.54, 1.807) is 4.90 Å². The quantitative estimate of drug-likeness (QED) is 0.842. The van der Waals surface area contributed by atoms with Gasteiger partial charge in [0.25, 0.3) is 0 Å². The Morgan fingerprint density at radius 3 is 2.90 bits per heavy atom. The van der Waals surface area contributed by atoms with Gasteiger partial charge in [-0.2, -0.15) is 5.10 Å². The molecule has 0 N–H and O–H groups in total. The molecule has 0 radical (unpaired) electrons. The highest BCUT2D eigenvalue weighted by Gasteiger charge is 2.22. The van der Waals surface area contributed by atoms with Crippen LogP contribution in [0.3, 0.4) is 0 Å². The molecule has 1 amide bonds. The largest absolute Gasteiger partial charge is 0.445 e. The van der Waals surface area contributed by atoms with E-state index in [4.69, 9.17) is 4.74 Å². The summed E-state index contributed by atoms with van der Waals surface area (Å²) in [5.41, 5.74) is 3.05. The van der Waals surface area contributed by atoms with Crippen LogP contribution in [0.4, 0.5) is 4.79 Å². The van der Waals surface area contributed by atoms with Gasteiger partial charge in [-0.05, 0) is 18.6 Å². The van der Waals surface area contributed by atoms with E-state index >= 15 is 0 Å². The molecule has 1 aromatic heterocycles. The van der Waals surface area contributed by atoms with Gasteiger partial charge in [-0.3, -0.25) is 4.68 Å². The van der Waals surface area contributed by atoms with Crippen molar-refractivity contribution in [1.82, 2.24) is 14.7 Å². The molecule has 0 saturated heterocycles. The number of fused-ring (bicyclic) bond motifs is 1. The molecule has 0 saturated carbocycles. The summed E-state index contributed by atoms with van der Waals surface area (Å²) in [4.78, 5) is 13.8. The van der Waals surface area contributed by atoms with Crippen LogP contribution in [0.1, 0.15) is 17.0 Å². The molecule has 5 heteroatoms. The summed E-state index contributed by atoms with van der Waals surface area (Å²) >= 11 is 0. The second-order valence-corrected chi connectivity index (χ2v) is 4.96. The molecule has 0 bridgehead atoms. The fourth-order valence-electron chi connectivity index (χ4n) is 2.38. The summed E-state index contributed by atoms with van der Waals surface area (Å²) in [6.45, 7) is 4.21. The minimum Gasteiger partial charge on any atom is -0.445 e. The van der Waals surface area contributed by atoms with Crippen LogP contribution in [0, 0.1) is 6.92 Å². The van der Waals surface area contributed by atoms with Gasteiger partial charge in [0, 0.05) is 6.54 Å². The number of benzene rings is 1. The third-order valence-electron chi connectivity index (χ3n) is 3.38. The molecule has 2 aromatic rings. The number of nitrogens with zero attached hydrogens (tertiary/aromatic N) is 3. The number of carbonyl (C=O) groups excluding carboxylic acids is 1. The number of ether oxygens (including phenoxy) is 1. The zero-order valence-electron chi connectivity index (χ0n) is 11.5. The molecule has 20 heavy (non-hydrogen) atoms. The standard InChI is InChI=1S/C15H17N3O2/c1-12-9-14-10-17(7-8-18(14)16-12)15(19)20-11-13-5-3-2-4-6-13/h2-6,9H,7-8,10-11H2,1H3. The van der Waals surface area contributed by atoms with Gasteiger partial charge in [0.1, 0.15) is 6.61 Å². The van der Waals surface area contributed by atoms with Crippen LogP contribution in [0.2, 0.25) is 0 Å². The molecule has 0 unspecified atom stereocenters. The zero-order valence-corrected chi connectivity index (χ0v) is 11.5. The van der Waals surface area contributed by atoms with Gasteiger partial charge in [-0.15, -0.1) is 0 Å². The number of aromatic nitrogens is 2. The number of hydrogen-bond acceptors (Lipinski definition) is 3. The first kappa shape index (κ1) is 12.7. The lowest BCUT2D eigenvalue weighted by Gasteiger charge is -2.26. The Labute approximate surface area is 117 Å². The van der Waals surface area contributed by atoms with Crippen molar-refractivity contribution in [2.75, 3.05) is 6.54 Å². The number of carbonyl (C=O) groups is 1. The molecule has 0 spiro atoms. The Hall–Kier alpha value is -2.30. The zero-order chi connectivity index (χ0) is 13.9. The van der Waals surface area contributed by atoms with Gasteiger partial charge < -0.3 is 9.64 Å². The van der Waals surface area contributed by atoms with Gasteiger partial charge in [-0.25, -0.2) is 4.79 Å². The number of rotatable bonds is 2. The van der Waals surface area contributed by atoms with Crippen LogP contribution in [-0.4, -0.2) is 27.3 Å². The molecule has 3 rings (SSSR count). The van der Waals surface area contributed by atoms with Gasteiger partial charge in [-0.1, -0.05) is 30.3 Å². The molecular weight excluding hydrogens is 254 g/mol. The lowest BCUT2D eigenvalue weighted by molar-refractivity contribution is 0.0858. The Morgan fingerprint density at radius 1 is 1.30 bits per heavy atom. The molecular formula is C15H17N3O2. The summed E-state index contributed by atoms with van der Waals surface area (Å²) < 4.78 is 7.30. The van der Waals surface area contributed by atoms with Crippen molar-refractivity contribution in [1.29, 1.82) is 0 Å². The van der Waals surface area contributed by atoms with Crippen LogP contribution in [0.5, 0.6) is 0 Å². The molecule has 1 aliphatic rings. The predicted molar refractivity (Wildman–Crippen MR) is 74.0 cm³/mol. The third kappa shape index (κ3) is 2.66. The van der Waals surface area contributed by atoms with Crippen LogP contribution in [0.15, 0.2) is 36.4 Å². The van der Waals surface area contributed by atoms with E-state index in [1.807, 2.05) is 48.0 Å². The number of aryl methyl sites for hydroxylation is 1. The number of amides is 1. The van der Waals surface area contributed by atoms with Gasteiger partial charge in [0.15, 0.2) is 0 Å². The normalized spacial score (nSPS) is 13.9. The average molecular weight is 271 g/mol. The summed E-state index contributed by atoms with van der Waals surface area (Å²) in [5, 5.41) is 4.38. The molecule has 1 aromatic carbocycles. The van der Waals surface area contributed by atoms with Crippen molar-refractivity contribution >= 4 is 6.09 Å². The van der Waals surface area contributed by atoms with E-state index in [9.17, 15) is 4.79 Å². The molecule has 104 valence electrons. The maximum atomic E-state index is 12.1. The summed E-state index contributed by atoms with van der Waals surface area (Å²) in [7, 11) is 0. The Morgan fingerprint density at radius 2 is 2.10 bits per heavy atom. The van der Waals surface area contributed by atoms with Crippen molar-refractivity contribution in [2.45, 2.75) is 26.6 Å². The maximum Gasteiger partial charge on any atom is 0.410 e. The Bertz CT molecular complexity index is 607. The van der Waals surface area contributed by atoms with E-state index in [2.05, 4.69) is 5.10 Å². The fraction of sp³-hybridized carbons (Fsp3) is 0.333. The van der Waals surface area contributed by atoms with Gasteiger partial charge in [0.2, 0.25) is 0 Å². The molecule has 5 nitrogen and oxygen atoms in total. The summed E-state index contributed by atoms with van der Waals surface area (Å²) in [6, 6.07) is 11.7. The Kier molecular flexibility index (Phi) is 3.41. The first-order valence-corrected chi connectivity index (χ1v) is 6.71.